The molecule has 7 heteroatoms. The smallest absolute Gasteiger partial charge is 0.193 e. The molecule has 1 N–H and O–H groups in total. The topological polar surface area (TPSA) is 40.1 Å². The monoisotopic (exact) mass is 480 g/mol. The van der Waals surface area contributed by atoms with E-state index in [-0.39, 0.29) is 24.0 Å². The van der Waals surface area contributed by atoms with Gasteiger partial charge in [-0.1, -0.05) is 6.07 Å². The van der Waals surface area contributed by atoms with Gasteiger partial charge in [0.25, 0.3) is 0 Å². The molecule has 2 rings (SSSR count). The molecule has 5 nitrogen and oxygen atoms in total. The van der Waals surface area contributed by atoms with Crippen molar-refractivity contribution in [2.45, 2.75) is 25.8 Å². The van der Waals surface area contributed by atoms with E-state index in [9.17, 15) is 0 Å². The van der Waals surface area contributed by atoms with Crippen LogP contribution >= 0.6 is 35.3 Å². The third-order valence-corrected chi connectivity index (χ3v) is 5.20. The van der Waals surface area contributed by atoms with Crippen LogP contribution in [0.2, 0.25) is 0 Å². The predicted molar refractivity (Wildman–Crippen MR) is 118 cm³/mol. The minimum absolute atomic E-state index is 0. The van der Waals surface area contributed by atoms with E-state index < -0.39 is 0 Å². The molecular weight excluding hydrogens is 447 g/mol. The van der Waals surface area contributed by atoms with Crippen molar-refractivity contribution in [1.29, 1.82) is 0 Å². The first kappa shape index (κ1) is 22.7. The van der Waals surface area contributed by atoms with Crippen molar-refractivity contribution in [3.63, 3.8) is 0 Å². The number of likely N-dealkylation sites (N-methyl/N-ethyl adjacent to an activating group) is 2. The Bertz CT molecular complexity index is 491. The van der Waals surface area contributed by atoms with Crippen LogP contribution in [0, 0.1) is 5.92 Å². The zero-order valence-electron chi connectivity index (χ0n) is 15.9. The fourth-order valence-corrected chi connectivity index (χ4v) is 3.39. The van der Waals surface area contributed by atoms with Crippen LogP contribution in [0.4, 0.5) is 0 Å². The van der Waals surface area contributed by atoms with Crippen molar-refractivity contribution in [1.82, 2.24) is 15.1 Å². The highest BCUT2D eigenvalue weighted by Gasteiger charge is 2.21. The van der Waals surface area contributed by atoms with Gasteiger partial charge < -0.3 is 19.9 Å². The molecule has 0 aliphatic heterocycles. The molecule has 1 saturated carbocycles. The van der Waals surface area contributed by atoms with Crippen LogP contribution in [0.3, 0.4) is 0 Å². The van der Waals surface area contributed by atoms with Crippen molar-refractivity contribution in [2.75, 3.05) is 54.0 Å². The number of ether oxygens (including phenoxy) is 1. The van der Waals surface area contributed by atoms with Gasteiger partial charge in [-0.3, -0.25) is 4.99 Å². The molecule has 1 unspecified atom stereocenters. The summed E-state index contributed by atoms with van der Waals surface area (Å²) in [7, 11) is 6.31. The highest BCUT2D eigenvalue weighted by atomic mass is 127. The third kappa shape index (κ3) is 8.23. The van der Waals surface area contributed by atoms with Gasteiger partial charge in [0.1, 0.15) is 0 Å². The lowest BCUT2D eigenvalue weighted by Gasteiger charge is -2.25. The molecule has 1 aliphatic carbocycles. The first-order valence-corrected chi connectivity index (χ1v) is 9.76. The Balaban J connectivity index is 0.00000312. The second-order valence-electron chi connectivity index (χ2n) is 6.63. The van der Waals surface area contributed by atoms with Crippen molar-refractivity contribution < 1.29 is 4.74 Å². The first-order chi connectivity index (χ1) is 11.6. The van der Waals surface area contributed by atoms with Gasteiger partial charge in [0.15, 0.2) is 5.96 Å². The minimum Gasteiger partial charge on any atom is -0.379 e. The van der Waals surface area contributed by atoms with Gasteiger partial charge >= 0.3 is 0 Å². The van der Waals surface area contributed by atoms with E-state index in [2.05, 4.69) is 60.7 Å². The molecule has 0 saturated heterocycles. The van der Waals surface area contributed by atoms with Gasteiger partial charge in [0, 0.05) is 31.6 Å². The molecule has 0 bridgehead atoms. The molecule has 0 amide bonds. The van der Waals surface area contributed by atoms with Crippen molar-refractivity contribution in [3.8, 4) is 0 Å². The molecule has 1 atom stereocenters. The van der Waals surface area contributed by atoms with E-state index in [1.807, 2.05) is 0 Å². The van der Waals surface area contributed by atoms with Gasteiger partial charge in [-0.15, -0.1) is 35.3 Å². The molecule has 0 spiro atoms. The lowest BCUT2D eigenvalue weighted by atomic mass is 10.2. The van der Waals surface area contributed by atoms with Gasteiger partial charge in [-0.05, 0) is 51.2 Å². The number of nitrogens with zero attached hydrogens (tertiary/aromatic N) is 3. The molecule has 0 aromatic carbocycles. The lowest BCUT2D eigenvalue weighted by Crippen LogP contribution is -2.41. The van der Waals surface area contributed by atoms with Crippen LogP contribution in [-0.4, -0.2) is 69.8 Å². The van der Waals surface area contributed by atoms with Crippen LogP contribution in [-0.2, 0) is 4.74 Å². The zero-order chi connectivity index (χ0) is 17.4. The highest BCUT2D eigenvalue weighted by molar-refractivity contribution is 14.0. The Morgan fingerprint density at radius 1 is 1.40 bits per heavy atom. The summed E-state index contributed by atoms with van der Waals surface area (Å²) in [6, 6.07) is 4.61. The SMILES string of the molecule is CCNC(=NCC(c1cccs1)N(C)C)N(C)CCOCC1CC1.I. The summed E-state index contributed by atoms with van der Waals surface area (Å²) in [4.78, 5) is 10.6. The van der Waals surface area contributed by atoms with Gasteiger partial charge in [0.05, 0.1) is 19.2 Å². The lowest BCUT2D eigenvalue weighted by molar-refractivity contribution is 0.115. The van der Waals surface area contributed by atoms with Gasteiger partial charge in [-0.25, -0.2) is 0 Å². The fraction of sp³-hybridized carbons (Fsp3) is 0.722. The molecule has 1 heterocycles. The average Bonchev–Trinajstić information content (AvgIpc) is 3.23. The summed E-state index contributed by atoms with van der Waals surface area (Å²) < 4.78 is 5.75. The average molecular weight is 480 g/mol. The van der Waals surface area contributed by atoms with E-state index in [4.69, 9.17) is 9.73 Å². The fourth-order valence-electron chi connectivity index (χ4n) is 2.47. The number of rotatable bonds is 10. The maximum absolute atomic E-state index is 5.75. The summed E-state index contributed by atoms with van der Waals surface area (Å²) in [6.07, 6.45) is 2.68. The summed E-state index contributed by atoms with van der Waals surface area (Å²) >= 11 is 1.79. The summed E-state index contributed by atoms with van der Waals surface area (Å²) in [6.45, 7) is 6.28. The number of thiophene rings is 1. The minimum atomic E-state index is 0. The molecule has 1 aliphatic rings. The molecular formula is C18H33IN4OS. The van der Waals surface area contributed by atoms with Crippen LogP contribution in [0.1, 0.15) is 30.7 Å². The van der Waals surface area contributed by atoms with Crippen LogP contribution in [0.5, 0.6) is 0 Å². The predicted octanol–water partition coefficient (Wildman–Crippen LogP) is 3.29. The summed E-state index contributed by atoms with van der Waals surface area (Å²) in [5, 5.41) is 5.52. The van der Waals surface area contributed by atoms with Crippen LogP contribution < -0.4 is 5.32 Å². The van der Waals surface area contributed by atoms with E-state index in [1.165, 1.54) is 17.7 Å². The second kappa shape index (κ2) is 12.1. The van der Waals surface area contributed by atoms with Crippen molar-refractivity contribution in [3.05, 3.63) is 22.4 Å². The number of halogens is 1. The van der Waals surface area contributed by atoms with E-state index in [0.717, 1.165) is 44.7 Å². The number of aliphatic imine (C=N–C) groups is 1. The first-order valence-electron chi connectivity index (χ1n) is 8.88. The number of hydrogen-bond donors (Lipinski definition) is 1. The standard InChI is InChI=1S/C18H32N4OS.HI/c1-5-19-18(22(4)10-11-23-14-15-8-9-15)20-13-16(21(2)3)17-7-6-12-24-17;/h6-7,12,15-16H,5,8-11,13-14H2,1-4H3,(H,19,20);1H. The van der Waals surface area contributed by atoms with E-state index in [0.29, 0.717) is 6.04 Å². The number of hydrogen-bond acceptors (Lipinski definition) is 4. The quantitative estimate of drug-likeness (QED) is 0.242. The number of guanidine groups is 1. The molecule has 25 heavy (non-hydrogen) atoms. The second-order valence-corrected chi connectivity index (χ2v) is 7.61. The Hall–Kier alpha value is -0.380. The Labute approximate surface area is 173 Å². The molecule has 1 aromatic heterocycles. The Morgan fingerprint density at radius 3 is 2.72 bits per heavy atom. The van der Waals surface area contributed by atoms with Gasteiger partial charge in [-0.2, -0.15) is 0 Å². The third-order valence-electron chi connectivity index (χ3n) is 4.23. The normalized spacial score (nSPS) is 15.8. The summed E-state index contributed by atoms with van der Waals surface area (Å²) in [5.41, 5.74) is 0. The Kier molecular flexibility index (Phi) is 11.0. The van der Waals surface area contributed by atoms with E-state index >= 15 is 0 Å². The molecule has 144 valence electrons. The maximum Gasteiger partial charge on any atom is 0.193 e. The van der Waals surface area contributed by atoms with Crippen molar-refractivity contribution >= 4 is 41.3 Å². The van der Waals surface area contributed by atoms with Gasteiger partial charge in [0.2, 0.25) is 0 Å². The van der Waals surface area contributed by atoms with E-state index in [1.54, 1.807) is 11.3 Å². The summed E-state index contributed by atoms with van der Waals surface area (Å²) in [5.74, 6) is 1.78. The molecule has 1 fully saturated rings. The Morgan fingerprint density at radius 2 is 2.16 bits per heavy atom. The molecule has 0 radical (unpaired) electrons. The maximum atomic E-state index is 5.75. The largest absolute Gasteiger partial charge is 0.379 e. The zero-order valence-corrected chi connectivity index (χ0v) is 19.0. The van der Waals surface area contributed by atoms with Crippen LogP contribution in [0.25, 0.3) is 0 Å². The number of nitrogens with one attached hydrogen (secondary N) is 1. The van der Waals surface area contributed by atoms with Crippen molar-refractivity contribution in [2.24, 2.45) is 10.9 Å². The molecule has 1 aromatic rings. The van der Waals surface area contributed by atoms with Crippen LogP contribution in [0.15, 0.2) is 22.5 Å². The highest BCUT2D eigenvalue weighted by Crippen LogP contribution is 2.28.